The van der Waals surface area contributed by atoms with Crippen LogP contribution in [0, 0.1) is 0 Å². The number of para-hydroxylation sites is 1. The number of piperazine rings is 1. The zero-order chi connectivity index (χ0) is 16.4. The van der Waals surface area contributed by atoms with Gasteiger partial charge >= 0.3 is 6.03 Å². The van der Waals surface area contributed by atoms with Crippen LogP contribution in [-0.2, 0) is 4.74 Å². The topological polar surface area (TPSA) is 62.6 Å². The van der Waals surface area contributed by atoms with Crippen LogP contribution in [-0.4, -0.2) is 70.8 Å². The van der Waals surface area contributed by atoms with Crippen molar-refractivity contribution < 1.29 is 9.53 Å². The Morgan fingerprint density at radius 3 is 2.96 bits per heavy atom. The summed E-state index contributed by atoms with van der Waals surface area (Å²) < 4.78 is 7.41. The maximum Gasteiger partial charge on any atom is 0.324 e. The number of anilines is 1. The first kappa shape index (κ1) is 15.2. The van der Waals surface area contributed by atoms with E-state index in [1.165, 1.54) is 0 Å². The third-order valence-corrected chi connectivity index (χ3v) is 4.62. The Bertz CT molecular complexity index is 702. The molecule has 2 aliphatic heterocycles. The van der Waals surface area contributed by atoms with E-state index in [0.29, 0.717) is 25.1 Å². The quantitative estimate of drug-likeness (QED) is 0.906. The van der Waals surface area contributed by atoms with Crippen LogP contribution >= 0.6 is 0 Å². The summed E-state index contributed by atoms with van der Waals surface area (Å²) in [6.45, 7) is 4.76. The molecule has 2 fully saturated rings. The van der Waals surface area contributed by atoms with E-state index in [1.807, 2.05) is 46.0 Å². The van der Waals surface area contributed by atoms with Crippen LogP contribution in [0.25, 0.3) is 5.69 Å². The van der Waals surface area contributed by atoms with Gasteiger partial charge in [0.1, 0.15) is 0 Å². The minimum atomic E-state index is -0.108. The normalized spacial score (nSPS) is 21.3. The summed E-state index contributed by atoms with van der Waals surface area (Å²) in [5, 5.41) is 2.93. The van der Waals surface area contributed by atoms with Crippen LogP contribution in [0.15, 0.2) is 42.7 Å². The largest absolute Gasteiger partial charge is 0.378 e. The fourth-order valence-electron chi connectivity index (χ4n) is 3.30. The van der Waals surface area contributed by atoms with E-state index in [1.54, 1.807) is 6.20 Å². The van der Waals surface area contributed by atoms with Crippen molar-refractivity contribution in [2.75, 3.05) is 44.7 Å². The van der Waals surface area contributed by atoms with Crippen molar-refractivity contribution in [3.05, 3.63) is 42.7 Å². The van der Waals surface area contributed by atoms with Crippen LogP contribution in [0.2, 0.25) is 0 Å². The lowest BCUT2D eigenvalue weighted by Gasteiger charge is -2.43. The molecule has 1 atom stereocenters. The van der Waals surface area contributed by atoms with Gasteiger partial charge in [0.25, 0.3) is 0 Å². The number of carbonyl (C=O) groups is 1. The van der Waals surface area contributed by atoms with Crippen LogP contribution in [0.3, 0.4) is 0 Å². The zero-order valence-corrected chi connectivity index (χ0v) is 13.5. The SMILES string of the molecule is O=C(Nc1nccn1-c1ccccc1)N1CCN2CCOCC2C1. The van der Waals surface area contributed by atoms with Gasteiger partial charge in [-0.1, -0.05) is 18.2 Å². The number of benzene rings is 1. The lowest BCUT2D eigenvalue weighted by atomic mass is 10.1. The van der Waals surface area contributed by atoms with Gasteiger partial charge in [0, 0.05) is 44.3 Å². The van der Waals surface area contributed by atoms with Gasteiger partial charge in [-0.2, -0.15) is 0 Å². The molecule has 1 aromatic carbocycles. The van der Waals surface area contributed by atoms with Gasteiger partial charge in [0.2, 0.25) is 5.95 Å². The van der Waals surface area contributed by atoms with Crippen LogP contribution in [0.1, 0.15) is 0 Å². The third kappa shape index (κ3) is 3.00. The summed E-state index contributed by atoms with van der Waals surface area (Å²) in [6.07, 6.45) is 3.54. The molecule has 0 radical (unpaired) electrons. The maximum absolute atomic E-state index is 12.6. The number of imidazole rings is 1. The average Bonchev–Trinajstić information content (AvgIpc) is 3.10. The fraction of sp³-hybridized carbons (Fsp3) is 0.412. The molecule has 2 aromatic rings. The van der Waals surface area contributed by atoms with Crippen molar-refractivity contribution in [1.82, 2.24) is 19.4 Å². The lowest BCUT2D eigenvalue weighted by molar-refractivity contribution is -0.0355. The second-order valence-corrected chi connectivity index (χ2v) is 6.10. The summed E-state index contributed by atoms with van der Waals surface area (Å²) >= 11 is 0. The Balaban J connectivity index is 1.45. The van der Waals surface area contributed by atoms with E-state index in [9.17, 15) is 4.79 Å². The monoisotopic (exact) mass is 327 g/mol. The van der Waals surface area contributed by atoms with Gasteiger partial charge in [0.15, 0.2) is 0 Å². The Morgan fingerprint density at radius 1 is 1.21 bits per heavy atom. The second-order valence-electron chi connectivity index (χ2n) is 6.10. The molecule has 0 spiro atoms. The summed E-state index contributed by atoms with van der Waals surface area (Å²) in [6, 6.07) is 10.0. The minimum Gasteiger partial charge on any atom is -0.378 e. The van der Waals surface area contributed by atoms with E-state index in [0.717, 1.165) is 31.9 Å². The van der Waals surface area contributed by atoms with Gasteiger partial charge < -0.3 is 9.64 Å². The van der Waals surface area contributed by atoms with Gasteiger partial charge in [-0.3, -0.25) is 14.8 Å². The van der Waals surface area contributed by atoms with Crippen molar-refractivity contribution in [3.63, 3.8) is 0 Å². The number of hydrogen-bond acceptors (Lipinski definition) is 4. The molecule has 1 N–H and O–H groups in total. The van der Waals surface area contributed by atoms with E-state index in [4.69, 9.17) is 4.74 Å². The number of rotatable bonds is 2. The van der Waals surface area contributed by atoms with Gasteiger partial charge in [-0.15, -0.1) is 0 Å². The average molecular weight is 327 g/mol. The molecule has 1 aromatic heterocycles. The first-order valence-corrected chi connectivity index (χ1v) is 8.28. The lowest BCUT2D eigenvalue weighted by Crippen LogP contribution is -2.59. The van der Waals surface area contributed by atoms with Crippen molar-refractivity contribution in [2.24, 2.45) is 0 Å². The third-order valence-electron chi connectivity index (χ3n) is 4.62. The molecule has 126 valence electrons. The first-order chi connectivity index (χ1) is 11.8. The fourth-order valence-corrected chi connectivity index (χ4v) is 3.30. The highest BCUT2D eigenvalue weighted by Gasteiger charge is 2.31. The standard InChI is InChI=1S/C17H21N5O2/c23-17(21-9-8-20-10-11-24-13-15(20)12-21)19-16-18-6-7-22(16)14-4-2-1-3-5-14/h1-7,15H,8-13H2,(H,18,19,23). The molecule has 24 heavy (non-hydrogen) atoms. The Hall–Kier alpha value is -2.38. The molecule has 3 heterocycles. The predicted molar refractivity (Wildman–Crippen MR) is 90.3 cm³/mol. The molecule has 0 saturated carbocycles. The van der Waals surface area contributed by atoms with Crippen LogP contribution < -0.4 is 5.32 Å². The van der Waals surface area contributed by atoms with Crippen molar-refractivity contribution >= 4 is 12.0 Å². The van der Waals surface area contributed by atoms with E-state index in [-0.39, 0.29) is 6.03 Å². The first-order valence-electron chi connectivity index (χ1n) is 8.28. The molecular weight excluding hydrogens is 306 g/mol. The number of ether oxygens (including phenoxy) is 1. The van der Waals surface area contributed by atoms with Gasteiger partial charge in [-0.25, -0.2) is 9.78 Å². The Kier molecular flexibility index (Phi) is 4.18. The minimum absolute atomic E-state index is 0.108. The number of aromatic nitrogens is 2. The summed E-state index contributed by atoms with van der Waals surface area (Å²) in [7, 11) is 0. The number of hydrogen-bond donors (Lipinski definition) is 1. The summed E-state index contributed by atoms with van der Waals surface area (Å²) in [5.41, 5.74) is 0.968. The number of carbonyl (C=O) groups excluding carboxylic acids is 1. The molecule has 0 aliphatic carbocycles. The molecule has 4 rings (SSSR count). The number of morpholine rings is 1. The van der Waals surface area contributed by atoms with Crippen LogP contribution in [0.5, 0.6) is 0 Å². The van der Waals surface area contributed by atoms with Crippen LogP contribution in [0.4, 0.5) is 10.7 Å². The van der Waals surface area contributed by atoms with Gasteiger partial charge in [-0.05, 0) is 12.1 Å². The number of fused-ring (bicyclic) bond motifs is 1. The van der Waals surface area contributed by atoms with Crippen molar-refractivity contribution in [3.8, 4) is 5.69 Å². The molecule has 7 nitrogen and oxygen atoms in total. The zero-order valence-electron chi connectivity index (χ0n) is 13.5. The van der Waals surface area contributed by atoms with Crippen molar-refractivity contribution in [1.29, 1.82) is 0 Å². The molecular formula is C17H21N5O2. The second kappa shape index (κ2) is 6.62. The number of amides is 2. The predicted octanol–water partition coefficient (Wildman–Crippen LogP) is 1.42. The highest BCUT2D eigenvalue weighted by Crippen LogP contribution is 2.17. The number of nitrogens with one attached hydrogen (secondary N) is 1. The van der Waals surface area contributed by atoms with E-state index < -0.39 is 0 Å². The van der Waals surface area contributed by atoms with E-state index >= 15 is 0 Å². The molecule has 2 amide bonds. The molecule has 7 heteroatoms. The molecule has 1 unspecified atom stereocenters. The van der Waals surface area contributed by atoms with Crippen molar-refractivity contribution in [2.45, 2.75) is 6.04 Å². The molecule has 2 aliphatic rings. The molecule has 0 bridgehead atoms. The molecule has 2 saturated heterocycles. The Morgan fingerprint density at radius 2 is 2.08 bits per heavy atom. The smallest absolute Gasteiger partial charge is 0.324 e. The van der Waals surface area contributed by atoms with E-state index in [2.05, 4.69) is 15.2 Å². The summed E-state index contributed by atoms with van der Waals surface area (Å²) in [5.74, 6) is 0.536. The highest BCUT2D eigenvalue weighted by molar-refractivity contribution is 5.88. The summed E-state index contributed by atoms with van der Waals surface area (Å²) in [4.78, 5) is 21.2. The number of urea groups is 1. The Labute approximate surface area is 140 Å². The highest BCUT2D eigenvalue weighted by atomic mass is 16.5. The van der Waals surface area contributed by atoms with Gasteiger partial charge in [0.05, 0.1) is 19.3 Å². The maximum atomic E-state index is 12.6. The number of nitrogens with zero attached hydrogens (tertiary/aromatic N) is 4.